The van der Waals surface area contributed by atoms with Crippen LogP contribution in [0.5, 0.6) is 5.75 Å². The molecule has 2 rings (SSSR count). The Morgan fingerprint density at radius 1 is 1.21 bits per heavy atom. The molecule has 19 heavy (non-hydrogen) atoms. The second-order valence-corrected chi connectivity index (χ2v) is 4.63. The Morgan fingerprint density at radius 3 is 2.68 bits per heavy atom. The second kappa shape index (κ2) is 6.04. The highest BCUT2D eigenvalue weighted by Gasteiger charge is 2.09. The van der Waals surface area contributed by atoms with E-state index in [2.05, 4.69) is 0 Å². The molecule has 0 saturated carbocycles. The van der Waals surface area contributed by atoms with Crippen LogP contribution < -0.4 is 4.74 Å². The summed E-state index contributed by atoms with van der Waals surface area (Å²) in [5.74, 6) is -0.118. The summed E-state index contributed by atoms with van der Waals surface area (Å²) in [5, 5.41) is 0.708. The minimum atomic E-state index is -0.450. The SMILES string of the molecule is O=Cc1cc(Cl)ccc1OCc1c(F)cccc1Cl. The van der Waals surface area contributed by atoms with Gasteiger partial charge < -0.3 is 4.74 Å². The van der Waals surface area contributed by atoms with Crippen molar-refractivity contribution < 1.29 is 13.9 Å². The van der Waals surface area contributed by atoms with Gasteiger partial charge in [0, 0.05) is 10.6 Å². The smallest absolute Gasteiger partial charge is 0.153 e. The van der Waals surface area contributed by atoms with Crippen molar-refractivity contribution in [3.8, 4) is 5.75 Å². The highest BCUT2D eigenvalue weighted by molar-refractivity contribution is 6.31. The van der Waals surface area contributed by atoms with Gasteiger partial charge in [-0.3, -0.25) is 4.79 Å². The number of carbonyl (C=O) groups excluding carboxylic acids is 1. The van der Waals surface area contributed by atoms with E-state index >= 15 is 0 Å². The van der Waals surface area contributed by atoms with Gasteiger partial charge in [-0.1, -0.05) is 29.3 Å². The van der Waals surface area contributed by atoms with Crippen molar-refractivity contribution in [1.29, 1.82) is 0 Å². The van der Waals surface area contributed by atoms with Gasteiger partial charge in [0.15, 0.2) is 6.29 Å². The first-order valence-electron chi connectivity index (χ1n) is 5.42. The molecule has 0 unspecified atom stereocenters. The number of carbonyl (C=O) groups is 1. The number of aldehydes is 1. The van der Waals surface area contributed by atoms with Crippen LogP contribution >= 0.6 is 23.2 Å². The molecule has 0 radical (unpaired) electrons. The van der Waals surface area contributed by atoms with Gasteiger partial charge in [-0.15, -0.1) is 0 Å². The molecule has 0 bridgehead atoms. The summed E-state index contributed by atoms with van der Waals surface area (Å²) in [4.78, 5) is 10.9. The third-order valence-corrected chi connectivity index (χ3v) is 3.12. The van der Waals surface area contributed by atoms with Crippen LogP contribution in [0, 0.1) is 5.82 Å². The van der Waals surface area contributed by atoms with Gasteiger partial charge in [0.1, 0.15) is 18.2 Å². The fourth-order valence-electron chi connectivity index (χ4n) is 1.56. The summed E-state index contributed by atoms with van der Waals surface area (Å²) in [5.41, 5.74) is 0.552. The molecule has 98 valence electrons. The maximum Gasteiger partial charge on any atom is 0.153 e. The first-order valence-corrected chi connectivity index (χ1v) is 6.18. The highest BCUT2D eigenvalue weighted by atomic mass is 35.5. The molecule has 0 aliphatic rings. The molecule has 0 heterocycles. The summed E-state index contributed by atoms with van der Waals surface area (Å²) in [6, 6.07) is 9.01. The predicted octanol–water partition coefficient (Wildman–Crippen LogP) is 4.52. The standard InChI is InChI=1S/C14H9Cl2FO2/c15-10-4-5-14(9(6-10)7-18)19-8-11-12(16)2-1-3-13(11)17/h1-7H,8H2. The largest absolute Gasteiger partial charge is 0.488 e. The Kier molecular flexibility index (Phi) is 4.40. The molecule has 0 fully saturated rings. The minimum Gasteiger partial charge on any atom is -0.488 e. The van der Waals surface area contributed by atoms with Gasteiger partial charge in [0.2, 0.25) is 0 Å². The average molecular weight is 299 g/mol. The molecule has 2 nitrogen and oxygen atoms in total. The van der Waals surface area contributed by atoms with E-state index in [0.29, 0.717) is 22.6 Å². The number of halogens is 3. The molecule has 0 aliphatic heterocycles. The molecule has 0 aliphatic carbocycles. The van der Waals surface area contributed by atoms with Gasteiger partial charge >= 0.3 is 0 Å². The Balaban J connectivity index is 2.21. The fraction of sp³-hybridized carbons (Fsp3) is 0.0714. The lowest BCUT2D eigenvalue weighted by molar-refractivity contribution is 0.111. The number of hydrogen-bond acceptors (Lipinski definition) is 2. The van der Waals surface area contributed by atoms with Crippen LogP contribution in [0.4, 0.5) is 4.39 Å². The molecule has 0 atom stereocenters. The van der Waals surface area contributed by atoms with E-state index in [4.69, 9.17) is 27.9 Å². The maximum absolute atomic E-state index is 13.5. The van der Waals surface area contributed by atoms with Crippen LogP contribution in [0.25, 0.3) is 0 Å². The fourth-order valence-corrected chi connectivity index (χ4v) is 1.96. The lowest BCUT2D eigenvalue weighted by Gasteiger charge is -2.10. The van der Waals surface area contributed by atoms with Crippen LogP contribution in [0.15, 0.2) is 36.4 Å². The number of benzene rings is 2. The zero-order valence-electron chi connectivity index (χ0n) is 9.70. The van der Waals surface area contributed by atoms with Crippen LogP contribution in [0.2, 0.25) is 10.0 Å². The molecular weight excluding hydrogens is 290 g/mol. The van der Waals surface area contributed by atoms with Crippen molar-refractivity contribution in [3.05, 3.63) is 63.4 Å². The molecule has 0 aromatic heterocycles. The van der Waals surface area contributed by atoms with E-state index < -0.39 is 5.82 Å². The number of rotatable bonds is 4. The quantitative estimate of drug-likeness (QED) is 0.776. The summed E-state index contributed by atoms with van der Waals surface area (Å²) < 4.78 is 19.0. The first-order chi connectivity index (χ1) is 9.11. The van der Waals surface area contributed by atoms with Crippen LogP contribution in [-0.2, 0) is 6.61 Å². The zero-order chi connectivity index (χ0) is 13.8. The Morgan fingerprint density at radius 2 is 2.00 bits per heavy atom. The van der Waals surface area contributed by atoms with Crippen LogP contribution in [0.3, 0.4) is 0 Å². The van der Waals surface area contributed by atoms with E-state index in [1.807, 2.05) is 0 Å². The molecule has 5 heteroatoms. The van der Waals surface area contributed by atoms with Crippen molar-refractivity contribution in [3.63, 3.8) is 0 Å². The maximum atomic E-state index is 13.5. The van der Waals surface area contributed by atoms with Crippen molar-refractivity contribution in [2.45, 2.75) is 6.61 Å². The average Bonchev–Trinajstić information content (AvgIpc) is 2.39. The summed E-state index contributed by atoms with van der Waals surface area (Å²) in [6.45, 7) is -0.0615. The summed E-state index contributed by atoms with van der Waals surface area (Å²) in [7, 11) is 0. The Labute approximate surface area is 119 Å². The predicted molar refractivity (Wildman–Crippen MR) is 72.6 cm³/mol. The third kappa shape index (κ3) is 3.25. The third-order valence-electron chi connectivity index (χ3n) is 2.53. The summed E-state index contributed by atoms with van der Waals surface area (Å²) in [6.07, 6.45) is 0.629. The van der Waals surface area contributed by atoms with E-state index in [0.717, 1.165) is 0 Å². The molecule has 2 aromatic rings. The van der Waals surface area contributed by atoms with Crippen LogP contribution in [0.1, 0.15) is 15.9 Å². The van der Waals surface area contributed by atoms with E-state index in [9.17, 15) is 9.18 Å². The Hall–Kier alpha value is -1.58. The highest BCUT2D eigenvalue weighted by Crippen LogP contribution is 2.25. The molecule has 0 spiro atoms. The molecule has 0 amide bonds. The van der Waals surface area contributed by atoms with Gasteiger partial charge in [-0.2, -0.15) is 0 Å². The van der Waals surface area contributed by atoms with Crippen molar-refractivity contribution >= 4 is 29.5 Å². The molecular formula is C14H9Cl2FO2. The monoisotopic (exact) mass is 298 g/mol. The first kappa shape index (κ1) is 13.8. The van der Waals surface area contributed by atoms with Crippen molar-refractivity contribution in [2.75, 3.05) is 0 Å². The molecule has 0 saturated heterocycles. The van der Waals surface area contributed by atoms with Gasteiger partial charge in [-0.25, -0.2) is 4.39 Å². The minimum absolute atomic E-state index is 0.0615. The van der Waals surface area contributed by atoms with Gasteiger partial charge in [-0.05, 0) is 30.3 Å². The molecule has 0 N–H and O–H groups in total. The lowest BCUT2D eigenvalue weighted by atomic mass is 10.2. The second-order valence-electron chi connectivity index (χ2n) is 3.79. The normalized spacial score (nSPS) is 10.3. The van der Waals surface area contributed by atoms with E-state index in [1.54, 1.807) is 18.2 Å². The van der Waals surface area contributed by atoms with Crippen molar-refractivity contribution in [1.82, 2.24) is 0 Å². The van der Waals surface area contributed by atoms with Gasteiger partial charge in [0.25, 0.3) is 0 Å². The topological polar surface area (TPSA) is 26.3 Å². The Bertz CT molecular complexity index is 594. The van der Waals surface area contributed by atoms with E-state index in [-0.39, 0.29) is 17.2 Å². The van der Waals surface area contributed by atoms with Gasteiger partial charge in [0.05, 0.1) is 10.6 Å². The lowest BCUT2D eigenvalue weighted by Crippen LogP contribution is -2.01. The molecule has 2 aromatic carbocycles. The summed E-state index contributed by atoms with van der Waals surface area (Å²) >= 11 is 11.7. The number of hydrogen-bond donors (Lipinski definition) is 0. The van der Waals surface area contributed by atoms with E-state index in [1.165, 1.54) is 18.2 Å². The number of ether oxygens (including phenoxy) is 1. The van der Waals surface area contributed by atoms with Crippen LogP contribution in [-0.4, -0.2) is 6.29 Å². The van der Waals surface area contributed by atoms with Crippen molar-refractivity contribution in [2.24, 2.45) is 0 Å². The zero-order valence-corrected chi connectivity index (χ0v) is 11.2.